The molecule has 2 aromatic rings. The summed E-state index contributed by atoms with van der Waals surface area (Å²) in [6.45, 7) is 1.19. The number of fused-ring (bicyclic) bond motifs is 1. The normalized spacial score (nSPS) is 19.6. The van der Waals surface area contributed by atoms with Gasteiger partial charge in [0.2, 0.25) is 0 Å². The highest BCUT2D eigenvalue weighted by Crippen LogP contribution is 2.34. The second-order valence-electron chi connectivity index (χ2n) is 4.77. The first kappa shape index (κ1) is 11.3. The Hall–Kier alpha value is -1.81. The van der Waals surface area contributed by atoms with E-state index in [9.17, 15) is 5.11 Å². The van der Waals surface area contributed by atoms with E-state index < -0.39 is 0 Å². The maximum absolute atomic E-state index is 9.44. The Labute approximate surface area is 106 Å². The van der Waals surface area contributed by atoms with E-state index >= 15 is 0 Å². The van der Waals surface area contributed by atoms with Crippen LogP contribution in [0.3, 0.4) is 0 Å². The molecule has 0 saturated carbocycles. The van der Waals surface area contributed by atoms with Crippen molar-refractivity contribution in [2.45, 2.75) is 18.9 Å². The summed E-state index contributed by atoms with van der Waals surface area (Å²) in [6.07, 6.45) is 5.78. The van der Waals surface area contributed by atoms with E-state index in [1.807, 2.05) is 24.4 Å². The quantitative estimate of drug-likeness (QED) is 0.789. The second-order valence-corrected chi connectivity index (χ2v) is 4.77. The monoisotopic (exact) mass is 243 g/mol. The molecule has 0 bridgehead atoms. The van der Waals surface area contributed by atoms with Gasteiger partial charge in [0, 0.05) is 41.1 Å². The van der Waals surface area contributed by atoms with Gasteiger partial charge in [-0.2, -0.15) is 0 Å². The van der Waals surface area contributed by atoms with Crippen molar-refractivity contribution in [3.8, 4) is 0 Å². The van der Waals surface area contributed by atoms with Crippen LogP contribution in [0.15, 0.2) is 30.6 Å². The maximum atomic E-state index is 9.44. The molecule has 4 nitrogen and oxygen atoms in total. The van der Waals surface area contributed by atoms with Gasteiger partial charge in [-0.1, -0.05) is 0 Å². The Morgan fingerprint density at radius 3 is 3.06 bits per heavy atom. The van der Waals surface area contributed by atoms with Crippen molar-refractivity contribution < 1.29 is 5.11 Å². The van der Waals surface area contributed by atoms with Crippen molar-refractivity contribution in [3.63, 3.8) is 0 Å². The van der Waals surface area contributed by atoms with Crippen LogP contribution in [0.1, 0.15) is 12.8 Å². The van der Waals surface area contributed by atoms with E-state index in [1.165, 1.54) is 0 Å². The number of benzene rings is 1. The third-order valence-corrected chi connectivity index (χ3v) is 3.73. The third-order valence-electron chi connectivity index (χ3n) is 3.73. The van der Waals surface area contributed by atoms with E-state index in [1.54, 1.807) is 6.20 Å². The largest absolute Gasteiger partial charge is 0.398 e. The standard InChI is InChI=1S/C14H17N3O/c15-13-3-4-14(12-8-16-6-5-11(12)13)17-7-1-2-10(17)9-18/h3-6,8,10,18H,1-2,7,9,15H2. The lowest BCUT2D eigenvalue weighted by molar-refractivity contribution is 0.266. The molecule has 18 heavy (non-hydrogen) atoms. The van der Waals surface area contributed by atoms with Gasteiger partial charge in [0.05, 0.1) is 12.6 Å². The zero-order valence-electron chi connectivity index (χ0n) is 10.2. The first-order valence-electron chi connectivity index (χ1n) is 6.31. The number of aromatic nitrogens is 1. The minimum atomic E-state index is 0.201. The third kappa shape index (κ3) is 1.69. The predicted molar refractivity (Wildman–Crippen MR) is 73.6 cm³/mol. The van der Waals surface area contributed by atoms with Gasteiger partial charge in [0.25, 0.3) is 0 Å². The molecule has 1 fully saturated rings. The van der Waals surface area contributed by atoms with Crippen LogP contribution in [-0.4, -0.2) is 29.3 Å². The second kappa shape index (κ2) is 4.46. The molecule has 1 aliphatic rings. The Balaban J connectivity index is 2.15. The van der Waals surface area contributed by atoms with E-state index in [0.29, 0.717) is 0 Å². The fourth-order valence-electron chi connectivity index (χ4n) is 2.79. The molecule has 4 heteroatoms. The van der Waals surface area contributed by atoms with E-state index in [2.05, 4.69) is 9.88 Å². The lowest BCUT2D eigenvalue weighted by Gasteiger charge is -2.26. The zero-order chi connectivity index (χ0) is 12.5. The van der Waals surface area contributed by atoms with E-state index in [4.69, 9.17) is 5.73 Å². The summed E-state index contributed by atoms with van der Waals surface area (Å²) in [6, 6.07) is 6.13. The Kier molecular flexibility index (Phi) is 2.80. The summed E-state index contributed by atoms with van der Waals surface area (Å²) in [5, 5.41) is 11.5. The number of aliphatic hydroxyl groups excluding tert-OH is 1. The Morgan fingerprint density at radius 1 is 1.33 bits per heavy atom. The molecule has 0 aliphatic carbocycles. The van der Waals surface area contributed by atoms with Crippen LogP contribution >= 0.6 is 0 Å². The Morgan fingerprint density at radius 2 is 2.22 bits per heavy atom. The first-order chi connectivity index (χ1) is 8.81. The fourth-order valence-corrected chi connectivity index (χ4v) is 2.79. The summed E-state index contributed by atoms with van der Waals surface area (Å²) in [5.74, 6) is 0. The van der Waals surface area contributed by atoms with Gasteiger partial charge in [-0.15, -0.1) is 0 Å². The molecule has 0 spiro atoms. The van der Waals surface area contributed by atoms with Gasteiger partial charge < -0.3 is 15.7 Å². The van der Waals surface area contributed by atoms with Crippen LogP contribution < -0.4 is 10.6 Å². The average molecular weight is 243 g/mol. The van der Waals surface area contributed by atoms with Gasteiger partial charge >= 0.3 is 0 Å². The van der Waals surface area contributed by atoms with Gasteiger partial charge in [0.15, 0.2) is 0 Å². The van der Waals surface area contributed by atoms with E-state index in [-0.39, 0.29) is 12.6 Å². The maximum Gasteiger partial charge on any atom is 0.0635 e. The molecule has 1 saturated heterocycles. The molecular formula is C14H17N3O. The molecule has 0 radical (unpaired) electrons. The summed E-state index contributed by atoms with van der Waals surface area (Å²) in [4.78, 5) is 6.46. The SMILES string of the molecule is Nc1ccc(N2CCCC2CO)c2cnccc12. The molecule has 3 N–H and O–H groups in total. The number of hydrogen-bond acceptors (Lipinski definition) is 4. The van der Waals surface area contributed by atoms with Gasteiger partial charge in [0.1, 0.15) is 0 Å². The van der Waals surface area contributed by atoms with Crippen LogP contribution in [0.2, 0.25) is 0 Å². The summed E-state index contributed by atoms with van der Waals surface area (Å²) in [5.41, 5.74) is 7.90. The fraction of sp³-hybridized carbons (Fsp3) is 0.357. The molecule has 1 aromatic carbocycles. The molecule has 1 atom stereocenters. The van der Waals surface area contributed by atoms with Gasteiger partial charge in [-0.05, 0) is 31.0 Å². The van der Waals surface area contributed by atoms with Gasteiger partial charge in [-0.25, -0.2) is 0 Å². The van der Waals surface area contributed by atoms with Gasteiger partial charge in [-0.3, -0.25) is 4.98 Å². The van der Waals surface area contributed by atoms with Crippen LogP contribution in [0.4, 0.5) is 11.4 Å². The molecular weight excluding hydrogens is 226 g/mol. The number of aliphatic hydroxyl groups is 1. The van der Waals surface area contributed by atoms with Crippen molar-refractivity contribution in [1.29, 1.82) is 0 Å². The highest BCUT2D eigenvalue weighted by Gasteiger charge is 2.25. The highest BCUT2D eigenvalue weighted by molar-refractivity contribution is 6.00. The van der Waals surface area contributed by atoms with Crippen LogP contribution in [-0.2, 0) is 0 Å². The minimum Gasteiger partial charge on any atom is -0.398 e. The first-order valence-corrected chi connectivity index (χ1v) is 6.31. The molecule has 94 valence electrons. The predicted octanol–water partition coefficient (Wildman–Crippen LogP) is 1.78. The number of pyridine rings is 1. The highest BCUT2D eigenvalue weighted by atomic mass is 16.3. The van der Waals surface area contributed by atoms with Crippen molar-refractivity contribution in [3.05, 3.63) is 30.6 Å². The average Bonchev–Trinajstić information content (AvgIpc) is 2.88. The Bertz CT molecular complexity index is 570. The van der Waals surface area contributed by atoms with Crippen molar-refractivity contribution in [1.82, 2.24) is 4.98 Å². The molecule has 2 heterocycles. The number of nitrogens with two attached hydrogens (primary N) is 1. The number of rotatable bonds is 2. The lowest BCUT2D eigenvalue weighted by Crippen LogP contribution is -2.32. The smallest absolute Gasteiger partial charge is 0.0635 e. The number of nitrogen functional groups attached to an aromatic ring is 1. The summed E-state index contributed by atoms with van der Waals surface area (Å²) < 4.78 is 0. The van der Waals surface area contributed by atoms with Crippen molar-refractivity contribution in [2.75, 3.05) is 23.8 Å². The summed E-state index contributed by atoms with van der Waals surface area (Å²) in [7, 11) is 0. The minimum absolute atomic E-state index is 0.201. The molecule has 1 aliphatic heterocycles. The number of nitrogens with zero attached hydrogens (tertiary/aromatic N) is 2. The summed E-state index contributed by atoms with van der Waals surface area (Å²) >= 11 is 0. The molecule has 1 aromatic heterocycles. The number of hydrogen-bond donors (Lipinski definition) is 2. The van der Waals surface area contributed by atoms with Crippen LogP contribution in [0, 0.1) is 0 Å². The molecule has 0 amide bonds. The molecule has 1 unspecified atom stereocenters. The van der Waals surface area contributed by atoms with Crippen LogP contribution in [0.5, 0.6) is 0 Å². The lowest BCUT2D eigenvalue weighted by atomic mass is 10.1. The van der Waals surface area contributed by atoms with Crippen molar-refractivity contribution in [2.24, 2.45) is 0 Å². The topological polar surface area (TPSA) is 62.4 Å². The zero-order valence-corrected chi connectivity index (χ0v) is 10.2. The number of anilines is 2. The van der Waals surface area contributed by atoms with Crippen LogP contribution in [0.25, 0.3) is 10.8 Å². The van der Waals surface area contributed by atoms with Crippen molar-refractivity contribution >= 4 is 22.1 Å². The molecule has 3 rings (SSSR count). The van der Waals surface area contributed by atoms with E-state index in [0.717, 1.165) is 41.5 Å².